The van der Waals surface area contributed by atoms with E-state index in [1.54, 1.807) is 0 Å². The molecule has 2 heterocycles. The van der Waals surface area contributed by atoms with Gasteiger partial charge in [-0.2, -0.15) is 0 Å². The summed E-state index contributed by atoms with van der Waals surface area (Å²) >= 11 is 0. The van der Waals surface area contributed by atoms with Crippen molar-refractivity contribution in [2.75, 3.05) is 39.4 Å². The molecule has 0 radical (unpaired) electrons. The third-order valence-electron chi connectivity index (χ3n) is 2.99. The monoisotopic (exact) mass is 170 g/mol. The molecule has 0 aromatic heterocycles. The molecule has 0 saturated carbocycles. The minimum absolute atomic E-state index is 0.822. The van der Waals surface area contributed by atoms with Gasteiger partial charge in [-0.3, -0.25) is 0 Å². The number of likely N-dealkylation sites (tertiary alicyclic amines) is 1. The van der Waals surface area contributed by atoms with Crippen molar-refractivity contribution in [3.05, 3.63) is 0 Å². The van der Waals surface area contributed by atoms with E-state index < -0.39 is 0 Å². The molecule has 0 aliphatic carbocycles. The molecule has 2 aliphatic heterocycles. The van der Waals surface area contributed by atoms with Crippen molar-refractivity contribution in [1.29, 1.82) is 0 Å². The lowest BCUT2D eigenvalue weighted by Crippen LogP contribution is -2.25. The largest absolute Gasteiger partial charge is 0.381 e. The summed E-state index contributed by atoms with van der Waals surface area (Å²) in [5.74, 6) is 1.64. The van der Waals surface area contributed by atoms with Crippen LogP contribution in [0.5, 0.6) is 0 Å². The van der Waals surface area contributed by atoms with Crippen LogP contribution in [0, 0.1) is 11.8 Å². The summed E-state index contributed by atoms with van der Waals surface area (Å²) in [5, 5.41) is 0. The number of nitrogens with zero attached hydrogens (tertiary/aromatic N) is 1. The van der Waals surface area contributed by atoms with Crippen LogP contribution in [-0.2, 0) is 4.74 Å². The quantitative estimate of drug-likeness (QED) is 0.643. The molecule has 2 aliphatic rings. The normalized spacial score (nSPS) is 35.8. The lowest BCUT2D eigenvalue weighted by Gasteiger charge is -2.15. The van der Waals surface area contributed by atoms with Crippen LogP contribution in [0.3, 0.4) is 0 Å². The van der Waals surface area contributed by atoms with Gasteiger partial charge in [0, 0.05) is 24.9 Å². The first-order chi connectivity index (χ1) is 5.90. The highest BCUT2D eigenvalue weighted by molar-refractivity contribution is 4.87. The van der Waals surface area contributed by atoms with Gasteiger partial charge in [-0.1, -0.05) is 0 Å². The molecule has 0 unspecified atom stereocenters. The van der Waals surface area contributed by atoms with Gasteiger partial charge in [0.05, 0.1) is 13.2 Å². The van der Waals surface area contributed by atoms with Crippen LogP contribution in [0.15, 0.2) is 0 Å². The van der Waals surface area contributed by atoms with Gasteiger partial charge < -0.3 is 15.4 Å². The zero-order valence-corrected chi connectivity index (χ0v) is 7.54. The molecule has 2 N–H and O–H groups in total. The van der Waals surface area contributed by atoms with E-state index in [9.17, 15) is 0 Å². The Hall–Kier alpha value is -0.120. The van der Waals surface area contributed by atoms with Crippen molar-refractivity contribution >= 4 is 0 Å². The molecule has 0 amide bonds. The molecular weight excluding hydrogens is 152 g/mol. The van der Waals surface area contributed by atoms with E-state index in [-0.39, 0.29) is 0 Å². The Balaban J connectivity index is 1.75. The van der Waals surface area contributed by atoms with E-state index >= 15 is 0 Å². The van der Waals surface area contributed by atoms with E-state index in [2.05, 4.69) is 4.90 Å². The predicted molar refractivity (Wildman–Crippen MR) is 47.9 cm³/mol. The summed E-state index contributed by atoms with van der Waals surface area (Å²) < 4.78 is 5.41. The minimum atomic E-state index is 0.822. The highest BCUT2D eigenvalue weighted by Gasteiger charge is 2.36. The molecule has 2 atom stereocenters. The second kappa shape index (κ2) is 3.73. The molecule has 70 valence electrons. The van der Waals surface area contributed by atoms with Crippen LogP contribution in [0.2, 0.25) is 0 Å². The van der Waals surface area contributed by atoms with Crippen molar-refractivity contribution in [2.24, 2.45) is 17.6 Å². The fraction of sp³-hybridized carbons (Fsp3) is 1.00. The van der Waals surface area contributed by atoms with E-state index in [0.29, 0.717) is 0 Å². The number of hydrogen-bond donors (Lipinski definition) is 1. The summed E-state index contributed by atoms with van der Waals surface area (Å²) in [5.41, 5.74) is 5.47. The molecule has 0 aromatic carbocycles. The number of ether oxygens (including phenoxy) is 1. The van der Waals surface area contributed by atoms with Crippen LogP contribution in [0.4, 0.5) is 0 Å². The summed E-state index contributed by atoms with van der Waals surface area (Å²) in [6.45, 7) is 6.47. The highest BCUT2D eigenvalue weighted by Crippen LogP contribution is 2.28. The fourth-order valence-corrected chi connectivity index (χ4v) is 2.28. The maximum absolute atomic E-state index is 5.47. The molecule has 2 rings (SSSR count). The van der Waals surface area contributed by atoms with E-state index in [1.807, 2.05) is 0 Å². The van der Waals surface area contributed by atoms with Crippen LogP contribution in [-0.4, -0.2) is 44.3 Å². The predicted octanol–water partition coefficient (Wildman–Crippen LogP) is -0.0866. The fourth-order valence-electron chi connectivity index (χ4n) is 2.28. The first kappa shape index (κ1) is 8.48. The smallest absolute Gasteiger partial charge is 0.0510 e. The average molecular weight is 170 g/mol. The maximum atomic E-state index is 5.47. The molecular formula is C9H18N2O. The molecule has 12 heavy (non-hydrogen) atoms. The summed E-state index contributed by atoms with van der Waals surface area (Å²) in [4.78, 5) is 2.53. The van der Waals surface area contributed by atoms with Crippen molar-refractivity contribution in [3.8, 4) is 0 Å². The number of hydrogen-bond acceptors (Lipinski definition) is 3. The van der Waals surface area contributed by atoms with Gasteiger partial charge in [0.25, 0.3) is 0 Å². The molecule has 0 aromatic rings. The number of nitrogens with two attached hydrogens (primary N) is 1. The Bertz CT molecular complexity index is 139. The van der Waals surface area contributed by atoms with E-state index in [4.69, 9.17) is 10.5 Å². The van der Waals surface area contributed by atoms with Crippen LogP contribution < -0.4 is 5.73 Å². The SMILES string of the molecule is NCCCN1C[C@@H]2COC[C@H]2C1. The lowest BCUT2D eigenvalue weighted by atomic mass is 10.0. The summed E-state index contributed by atoms with van der Waals surface area (Å²) in [7, 11) is 0. The molecule has 3 nitrogen and oxygen atoms in total. The van der Waals surface area contributed by atoms with Gasteiger partial charge in [0.15, 0.2) is 0 Å². The first-order valence-electron chi connectivity index (χ1n) is 4.90. The second-order valence-electron chi connectivity index (χ2n) is 3.96. The van der Waals surface area contributed by atoms with Gasteiger partial charge >= 0.3 is 0 Å². The molecule has 2 fully saturated rings. The van der Waals surface area contributed by atoms with Crippen molar-refractivity contribution < 1.29 is 4.74 Å². The third-order valence-corrected chi connectivity index (χ3v) is 2.99. The van der Waals surface area contributed by atoms with Crippen molar-refractivity contribution in [3.63, 3.8) is 0 Å². The minimum Gasteiger partial charge on any atom is -0.381 e. The van der Waals surface area contributed by atoms with Crippen LogP contribution in [0.25, 0.3) is 0 Å². The van der Waals surface area contributed by atoms with Gasteiger partial charge in [-0.15, -0.1) is 0 Å². The van der Waals surface area contributed by atoms with Gasteiger partial charge in [-0.05, 0) is 19.5 Å². The van der Waals surface area contributed by atoms with Crippen molar-refractivity contribution in [2.45, 2.75) is 6.42 Å². The zero-order chi connectivity index (χ0) is 8.39. The third kappa shape index (κ3) is 1.63. The van der Waals surface area contributed by atoms with E-state index in [0.717, 1.165) is 38.0 Å². The van der Waals surface area contributed by atoms with Crippen molar-refractivity contribution in [1.82, 2.24) is 4.90 Å². The van der Waals surface area contributed by atoms with E-state index in [1.165, 1.54) is 19.6 Å². The Labute approximate surface area is 73.9 Å². The standard InChI is InChI=1S/C9H18N2O/c10-2-1-3-11-4-8-6-12-7-9(8)5-11/h8-9H,1-7,10H2/t8-,9-/m1/s1. The number of fused-ring (bicyclic) bond motifs is 1. The topological polar surface area (TPSA) is 38.5 Å². The summed E-state index contributed by atoms with van der Waals surface area (Å²) in [6, 6.07) is 0. The Morgan fingerprint density at radius 3 is 2.50 bits per heavy atom. The van der Waals surface area contributed by atoms with Gasteiger partial charge in [0.1, 0.15) is 0 Å². The van der Waals surface area contributed by atoms with Gasteiger partial charge in [0.2, 0.25) is 0 Å². The van der Waals surface area contributed by atoms with Gasteiger partial charge in [-0.25, -0.2) is 0 Å². The first-order valence-corrected chi connectivity index (χ1v) is 4.90. The molecule has 2 saturated heterocycles. The average Bonchev–Trinajstić information content (AvgIpc) is 2.58. The second-order valence-corrected chi connectivity index (χ2v) is 3.96. The van der Waals surface area contributed by atoms with Crippen LogP contribution in [0.1, 0.15) is 6.42 Å². The lowest BCUT2D eigenvalue weighted by molar-refractivity contribution is 0.154. The molecule has 3 heteroatoms. The Kier molecular flexibility index (Phi) is 2.63. The zero-order valence-electron chi connectivity index (χ0n) is 7.54. The maximum Gasteiger partial charge on any atom is 0.0510 e. The molecule has 0 bridgehead atoms. The Morgan fingerprint density at radius 1 is 1.25 bits per heavy atom. The summed E-state index contributed by atoms with van der Waals surface area (Å²) in [6.07, 6.45) is 1.14. The molecule has 0 spiro atoms. The Morgan fingerprint density at radius 2 is 1.92 bits per heavy atom. The highest BCUT2D eigenvalue weighted by atomic mass is 16.5. The van der Waals surface area contributed by atoms with Crippen LogP contribution >= 0.6 is 0 Å². The number of rotatable bonds is 3.